The van der Waals surface area contributed by atoms with Crippen molar-refractivity contribution in [2.45, 2.75) is 17.9 Å². The minimum atomic E-state index is -0.518. The number of nitrogens with zero attached hydrogens (tertiary/aromatic N) is 1. The maximum absolute atomic E-state index is 11.6. The molecule has 1 fully saturated rings. The van der Waals surface area contributed by atoms with E-state index in [0.717, 1.165) is 12.0 Å². The molecule has 2 unspecified atom stereocenters. The molecule has 4 heteroatoms. The number of nitrogens with one attached hydrogen (secondary N) is 1. The first-order valence-corrected chi connectivity index (χ1v) is 4.92. The van der Waals surface area contributed by atoms with Crippen LogP contribution in [0.5, 0.6) is 0 Å². The van der Waals surface area contributed by atoms with Gasteiger partial charge >= 0.3 is 5.97 Å². The van der Waals surface area contributed by atoms with Crippen molar-refractivity contribution in [3.63, 3.8) is 0 Å². The van der Waals surface area contributed by atoms with Gasteiger partial charge in [-0.2, -0.15) is 0 Å². The van der Waals surface area contributed by atoms with Gasteiger partial charge in [-0.1, -0.05) is 0 Å². The van der Waals surface area contributed by atoms with Crippen LogP contribution in [-0.4, -0.2) is 30.6 Å². The van der Waals surface area contributed by atoms with E-state index >= 15 is 0 Å². The van der Waals surface area contributed by atoms with Crippen LogP contribution in [0, 0.1) is 0 Å². The summed E-state index contributed by atoms with van der Waals surface area (Å²) in [6.45, 7) is 0. The molecular formula is C11H14N2O2. The lowest BCUT2D eigenvalue weighted by Crippen LogP contribution is -2.39. The van der Waals surface area contributed by atoms with E-state index in [1.54, 1.807) is 19.4 Å². The molecule has 2 rings (SSSR count). The Balaban J connectivity index is 2.20. The predicted octanol–water partition coefficient (Wildman–Crippen LogP) is 0.700. The number of likely N-dealkylation sites (N-methyl/N-ethyl adjacent to an activating group) is 1. The zero-order chi connectivity index (χ0) is 10.9. The Morgan fingerprint density at radius 2 is 2.27 bits per heavy atom. The average Bonchev–Trinajstić information content (AvgIpc) is 3.05. The summed E-state index contributed by atoms with van der Waals surface area (Å²) in [5.74, 6) is 0.0183. The average molecular weight is 206 g/mol. The fourth-order valence-electron chi connectivity index (χ4n) is 2.05. The van der Waals surface area contributed by atoms with Gasteiger partial charge in [0.05, 0.1) is 7.11 Å². The van der Waals surface area contributed by atoms with Crippen LogP contribution in [0.1, 0.15) is 17.9 Å². The van der Waals surface area contributed by atoms with Crippen molar-refractivity contribution >= 4 is 5.97 Å². The molecule has 1 aromatic heterocycles. The first-order valence-electron chi connectivity index (χ1n) is 4.92. The Morgan fingerprint density at radius 1 is 1.60 bits per heavy atom. The van der Waals surface area contributed by atoms with Gasteiger partial charge in [-0.15, -0.1) is 0 Å². The van der Waals surface area contributed by atoms with Crippen molar-refractivity contribution in [2.75, 3.05) is 14.2 Å². The van der Waals surface area contributed by atoms with Crippen molar-refractivity contribution in [1.82, 2.24) is 10.3 Å². The molecule has 1 saturated carbocycles. The Morgan fingerprint density at radius 3 is 2.80 bits per heavy atom. The van der Waals surface area contributed by atoms with Gasteiger partial charge in [0.1, 0.15) is 5.54 Å². The summed E-state index contributed by atoms with van der Waals surface area (Å²) in [5.41, 5.74) is 0.612. The van der Waals surface area contributed by atoms with Gasteiger partial charge in [0.15, 0.2) is 0 Å². The number of ether oxygens (including phenoxy) is 1. The quantitative estimate of drug-likeness (QED) is 0.740. The number of carbonyl (C=O) groups is 1. The van der Waals surface area contributed by atoms with E-state index in [0.29, 0.717) is 0 Å². The second kappa shape index (κ2) is 3.62. The molecule has 0 aromatic carbocycles. The first-order chi connectivity index (χ1) is 7.24. The fourth-order valence-corrected chi connectivity index (χ4v) is 2.05. The van der Waals surface area contributed by atoms with Crippen molar-refractivity contribution in [2.24, 2.45) is 0 Å². The molecule has 0 spiro atoms. The van der Waals surface area contributed by atoms with Gasteiger partial charge in [0.2, 0.25) is 0 Å². The second-order valence-corrected chi connectivity index (χ2v) is 3.75. The molecule has 1 aliphatic rings. The largest absolute Gasteiger partial charge is 0.468 e. The Labute approximate surface area is 88.7 Å². The van der Waals surface area contributed by atoms with Crippen molar-refractivity contribution in [3.8, 4) is 0 Å². The van der Waals surface area contributed by atoms with Gasteiger partial charge in [0.25, 0.3) is 0 Å². The lowest BCUT2D eigenvalue weighted by molar-refractivity contribution is -0.144. The molecule has 0 amide bonds. The molecule has 0 radical (unpaired) electrons. The molecule has 1 N–H and O–H groups in total. The van der Waals surface area contributed by atoms with E-state index in [-0.39, 0.29) is 11.9 Å². The Kier molecular flexibility index (Phi) is 2.44. The molecule has 0 bridgehead atoms. The number of methoxy groups -OCH3 is 1. The number of pyridine rings is 1. The third-order valence-corrected chi connectivity index (χ3v) is 3.07. The molecule has 0 aliphatic heterocycles. The standard InChI is InChI=1S/C11H14N2O2/c1-12-11(10(14)15-2)7-9(11)8-3-5-13-6-4-8/h3-6,9,12H,7H2,1-2H3. The molecule has 1 aromatic rings. The highest BCUT2D eigenvalue weighted by Crippen LogP contribution is 2.51. The van der Waals surface area contributed by atoms with E-state index in [1.807, 2.05) is 12.1 Å². The maximum Gasteiger partial charge on any atom is 0.326 e. The predicted molar refractivity (Wildman–Crippen MR) is 55.4 cm³/mol. The fraction of sp³-hybridized carbons (Fsp3) is 0.455. The molecule has 0 saturated heterocycles. The highest BCUT2D eigenvalue weighted by atomic mass is 16.5. The summed E-state index contributed by atoms with van der Waals surface area (Å²) in [5, 5.41) is 3.06. The van der Waals surface area contributed by atoms with Crippen molar-refractivity contribution in [3.05, 3.63) is 30.1 Å². The molecule has 4 nitrogen and oxygen atoms in total. The van der Waals surface area contributed by atoms with Crippen LogP contribution in [0.2, 0.25) is 0 Å². The van der Waals surface area contributed by atoms with Crippen LogP contribution >= 0.6 is 0 Å². The van der Waals surface area contributed by atoms with E-state index in [2.05, 4.69) is 10.3 Å². The van der Waals surface area contributed by atoms with Gasteiger partial charge in [-0.3, -0.25) is 9.78 Å². The monoisotopic (exact) mass is 206 g/mol. The lowest BCUT2D eigenvalue weighted by atomic mass is 10.1. The van der Waals surface area contributed by atoms with Gasteiger partial charge in [0, 0.05) is 18.3 Å². The number of hydrogen-bond donors (Lipinski definition) is 1. The normalized spacial score (nSPS) is 28.5. The lowest BCUT2D eigenvalue weighted by Gasteiger charge is -2.13. The third-order valence-electron chi connectivity index (χ3n) is 3.07. The van der Waals surface area contributed by atoms with E-state index in [1.165, 1.54) is 7.11 Å². The zero-order valence-corrected chi connectivity index (χ0v) is 8.86. The number of hydrogen-bond acceptors (Lipinski definition) is 4. The molecule has 1 aliphatic carbocycles. The second-order valence-electron chi connectivity index (χ2n) is 3.75. The van der Waals surface area contributed by atoms with E-state index < -0.39 is 5.54 Å². The third kappa shape index (κ3) is 1.51. The Bertz CT molecular complexity index is 366. The number of aromatic nitrogens is 1. The smallest absolute Gasteiger partial charge is 0.326 e. The van der Waals surface area contributed by atoms with Crippen LogP contribution in [0.25, 0.3) is 0 Å². The Hall–Kier alpha value is -1.42. The van der Waals surface area contributed by atoms with Gasteiger partial charge in [-0.05, 0) is 31.2 Å². The van der Waals surface area contributed by atoms with Crippen molar-refractivity contribution in [1.29, 1.82) is 0 Å². The summed E-state index contributed by atoms with van der Waals surface area (Å²) in [7, 11) is 3.21. The maximum atomic E-state index is 11.6. The van der Waals surface area contributed by atoms with Crippen molar-refractivity contribution < 1.29 is 9.53 Å². The summed E-state index contributed by atoms with van der Waals surface area (Å²) >= 11 is 0. The highest BCUT2D eigenvalue weighted by molar-refractivity contribution is 5.86. The molecular weight excluding hydrogens is 192 g/mol. The van der Waals surface area contributed by atoms with Crippen LogP contribution < -0.4 is 5.32 Å². The number of rotatable bonds is 3. The first kappa shape index (κ1) is 10.1. The molecule has 2 atom stereocenters. The summed E-state index contributed by atoms with van der Waals surface area (Å²) in [6, 6.07) is 3.87. The van der Waals surface area contributed by atoms with E-state index in [9.17, 15) is 4.79 Å². The minimum absolute atomic E-state index is 0.188. The topological polar surface area (TPSA) is 51.2 Å². The summed E-state index contributed by atoms with van der Waals surface area (Å²) in [4.78, 5) is 15.6. The minimum Gasteiger partial charge on any atom is -0.468 e. The summed E-state index contributed by atoms with van der Waals surface area (Å²) < 4.78 is 4.80. The van der Waals surface area contributed by atoms with Crippen LogP contribution in [0.3, 0.4) is 0 Å². The highest BCUT2D eigenvalue weighted by Gasteiger charge is 2.60. The number of carbonyl (C=O) groups excluding carboxylic acids is 1. The SMILES string of the molecule is CNC1(C(=O)OC)CC1c1ccncc1. The molecule has 15 heavy (non-hydrogen) atoms. The van der Waals surface area contributed by atoms with Crippen LogP contribution in [-0.2, 0) is 9.53 Å². The van der Waals surface area contributed by atoms with Gasteiger partial charge < -0.3 is 10.1 Å². The van der Waals surface area contributed by atoms with Crippen LogP contribution in [0.15, 0.2) is 24.5 Å². The van der Waals surface area contributed by atoms with Gasteiger partial charge in [-0.25, -0.2) is 0 Å². The summed E-state index contributed by atoms with van der Waals surface area (Å²) in [6.07, 6.45) is 4.27. The molecule has 80 valence electrons. The van der Waals surface area contributed by atoms with Crippen LogP contribution in [0.4, 0.5) is 0 Å². The number of esters is 1. The molecule has 1 heterocycles. The van der Waals surface area contributed by atoms with E-state index in [4.69, 9.17) is 4.74 Å². The zero-order valence-electron chi connectivity index (χ0n) is 8.86.